The van der Waals surface area contributed by atoms with Gasteiger partial charge in [0.2, 0.25) is 5.91 Å². The number of carbonyl (C=O) groups excluding carboxylic acids is 1. The lowest BCUT2D eigenvalue weighted by Crippen LogP contribution is -2.38. The number of likely N-dealkylation sites (N-methyl/N-ethyl adjacent to an activating group) is 1. The van der Waals surface area contributed by atoms with Crippen molar-refractivity contribution in [2.75, 3.05) is 31.5 Å². The zero-order valence-electron chi connectivity index (χ0n) is 12.4. The first-order valence-electron chi connectivity index (χ1n) is 7.09. The molecule has 0 heterocycles. The average Bonchev–Trinajstić information content (AvgIpc) is 3.27. The predicted octanol–water partition coefficient (Wildman–Crippen LogP) is 2.54. The molecule has 0 radical (unpaired) electrons. The summed E-state index contributed by atoms with van der Waals surface area (Å²) in [4.78, 5) is 14.1. The van der Waals surface area contributed by atoms with E-state index in [1.54, 1.807) is 0 Å². The maximum atomic E-state index is 11.7. The Balaban J connectivity index is 0.00000200. The van der Waals surface area contributed by atoms with E-state index in [2.05, 4.69) is 22.5 Å². The Kier molecular flexibility index (Phi) is 10.2. The number of carbonyl (C=O) groups is 1. The lowest BCUT2D eigenvalue weighted by Gasteiger charge is -2.19. The molecule has 0 unspecified atom stereocenters. The quantitative estimate of drug-likeness (QED) is 0.768. The van der Waals surface area contributed by atoms with E-state index in [9.17, 15) is 4.79 Å². The van der Waals surface area contributed by atoms with Crippen LogP contribution in [-0.4, -0.2) is 43.0 Å². The van der Waals surface area contributed by atoms with Gasteiger partial charge in [0.1, 0.15) is 0 Å². The largest absolute Gasteiger partial charge is 0.376 e. The zero-order valence-corrected chi connectivity index (χ0v) is 14.0. The number of benzene rings is 1. The number of hydrogen-bond acceptors (Lipinski definition) is 3. The van der Waals surface area contributed by atoms with E-state index in [0.29, 0.717) is 6.54 Å². The van der Waals surface area contributed by atoms with Gasteiger partial charge in [-0.3, -0.25) is 9.69 Å². The van der Waals surface area contributed by atoms with E-state index >= 15 is 0 Å². The summed E-state index contributed by atoms with van der Waals surface area (Å²) in [5, 5.41) is 6.06. The average molecular weight is 334 g/mol. The van der Waals surface area contributed by atoms with Crippen LogP contribution in [0, 0.1) is 0 Å². The maximum absolute atomic E-state index is 11.7. The third-order valence-corrected chi connectivity index (χ3v) is 3.42. The Labute approximate surface area is 139 Å². The Hall–Kier alpha value is -0.970. The number of rotatable bonds is 8. The number of nitrogens with one attached hydrogen (secondary N) is 2. The monoisotopic (exact) mass is 333 g/mol. The second-order valence-electron chi connectivity index (χ2n) is 4.93. The molecular weight excluding hydrogens is 309 g/mol. The lowest BCUT2D eigenvalue weighted by molar-refractivity contribution is -0.119. The normalized spacial score (nSPS) is 13.0. The molecule has 4 nitrogen and oxygen atoms in total. The molecule has 1 fully saturated rings. The van der Waals surface area contributed by atoms with Gasteiger partial charge in [0, 0.05) is 24.8 Å². The number of para-hydroxylation sites is 1. The van der Waals surface area contributed by atoms with Crippen LogP contribution in [0.3, 0.4) is 0 Å². The van der Waals surface area contributed by atoms with Crippen molar-refractivity contribution in [2.24, 2.45) is 0 Å². The van der Waals surface area contributed by atoms with Crippen molar-refractivity contribution in [3.05, 3.63) is 30.3 Å². The molecule has 2 N–H and O–H groups in total. The summed E-state index contributed by atoms with van der Waals surface area (Å²) < 4.78 is 0. The van der Waals surface area contributed by atoms with Gasteiger partial charge in [-0.05, 0) is 31.5 Å². The maximum Gasteiger partial charge on any atom is 0.239 e. The van der Waals surface area contributed by atoms with Crippen molar-refractivity contribution in [1.82, 2.24) is 10.2 Å². The van der Waals surface area contributed by atoms with Gasteiger partial charge < -0.3 is 10.6 Å². The van der Waals surface area contributed by atoms with Gasteiger partial charge in [-0.15, -0.1) is 24.8 Å². The van der Waals surface area contributed by atoms with Crippen LogP contribution in [0.5, 0.6) is 0 Å². The molecule has 120 valence electrons. The molecule has 0 atom stereocenters. The van der Waals surface area contributed by atoms with Gasteiger partial charge in [-0.1, -0.05) is 25.1 Å². The minimum Gasteiger partial charge on any atom is -0.376 e. The molecule has 1 amide bonds. The highest BCUT2D eigenvalue weighted by Crippen LogP contribution is 2.25. The molecule has 0 bridgehead atoms. The molecule has 21 heavy (non-hydrogen) atoms. The van der Waals surface area contributed by atoms with Crippen LogP contribution in [0.15, 0.2) is 30.3 Å². The fourth-order valence-electron chi connectivity index (χ4n) is 2.18. The highest BCUT2D eigenvalue weighted by Gasteiger charge is 2.27. The first kappa shape index (κ1) is 20.0. The van der Waals surface area contributed by atoms with Crippen LogP contribution >= 0.6 is 24.8 Å². The van der Waals surface area contributed by atoms with Crippen LogP contribution < -0.4 is 10.6 Å². The number of halogens is 2. The van der Waals surface area contributed by atoms with E-state index < -0.39 is 0 Å². The molecule has 0 saturated heterocycles. The van der Waals surface area contributed by atoms with Crippen LogP contribution in [-0.2, 0) is 4.79 Å². The SMILES string of the molecule is CCN(CCNC(=O)CNc1ccccc1)C1CC1.Cl.Cl. The second-order valence-corrected chi connectivity index (χ2v) is 4.93. The number of anilines is 1. The van der Waals surface area contributed by atoms with Crippen molar-refractivity contribution >= 4 is 36.4 Å². The van der Waals surface area contributed by atoms with Crippen molar-refractivity contribution in [2.45, 2.75) is 25.8 Å². The van der Waals surface area contributed by atoms with E-state index in [4.69, 9.17) is 0 Å². The van der Waals surface area contributed by atoms with Gasteiger partial charge in [0.15, 0.2) is 0 Å². The van der Waals surface area contributed by atoms with Crippen molar-refractivity contribution < 1.29 is 4.79 Å². The third kappa shape index (κ3) is 7.55. The lowest BCUT2D eigenvalue weighted by atomic mass is 10.3. The van der Waals surface area contributed by atoms with Crippen LogP contribution in [0.4, 0.5) is 5.69 Å². The minimum atomic E-state index is 0. The topological polar surface area (TPSA) is 44.4 Å². The van der Waals surface area contributed by atoms with Gasteiger partial charge in [0.25, 0.3) is 0 Å². The Bertz CT molecular complexity index is 399. The first-order valence-corrected chi connectivity index (χ1v) is 7.09. The molecule has 1 aliphatic rings. The summed E-state index contributed by atoms with van der Waals surface area (Å²) >= 11 is 0. The molecular formula is C15H25Cl2N3O. The molecule has 0 spiro atoms. The summed E-state index contributed by atoms with van der Waals surface area (Å²) in [5.74, 6) is 0.0516. The first-order chi connectivity index (χ1) is 9.29. The molecule has 2 rings (SSSR count). The van der Waals surface area contributed by atoms with E-state index in [-0.39, 0.29) is 30.7 Å². The van der Waals surface area contributed by atoms with Crippen LogP contribution in [0.25, 0.3) is 0 Å². The standard InChI is InChI=1S/C15H23N3O.2ClH/c1-2-18(14-8-9-14)11-10-16-15(19)12-17-13-6-4-3-5-7-13;;/h3-7,14,17H,2,8-12H2,1H3,(H,16,19);2*1H. The van der Waals surface area contributed by atoms with Gasteiger partial charge in [-0.25, -0.2) is 0 Å². The van der Waals surface area contributed by atoms with Gasteiger partial charge in [0.05, 0.1) is 6.54 Å². The highest BCUT2D eigenvalue weighted by molar-refractivity contribution is 5.85. The smallest absolute Gasteiger partial charge is 0.239 e. The van der Waals surface area contributed by atoms with E-state index in [0.717, 1.165) is 31.4 Å². The van der Waals surface area contributed by atoms with Crippen molar-refractivity contribution in [1.29, 1.82) is 0 Å². The van der Waals surface area contributed by atoms with E-state index in [1.807, 2.05) is 30.3 Å². The fourth-order valence-corrected chi connectivity index (χ4v) is 2.18. The van der Waals surface area contributed by atoms with E-state index in [1.165, 1.54) is 12.8 Å². The van der Waals surface area contributed by atoms with Gasteiger partial charge in [-0.2, -0.15) is 0 Å². The molecule has 0 aliphatic heterocycles. The number of hydrogen-bond donors (Lipinski definition) is 2. The molecule has 1 aliphatic carbocycles. The summed E-state index contributed by atoms with van der Waals surface area (Å²) in [6.45, 7) is 5.28. The third-order valence-electron chi connectivity index (χ3n) is 3.42. The fraction of sp³-hybridized carbons (Fsp3) is 0.533. The summed E-state index contributed by atoms with van der Waals surface area (Å²) in [6, 6.07) is 10.6. The zero-order chi connectivity index (χ0) is 13.5. The molecule has 1 aromatic rings. The highest BCUT2D eigenvalue weighted by atomic mass is 35.5. The summed E-state index contributed by atoms with van der Waals surface area (Å²) in [6.07, 6.45) is 2.63. The van der Waals surface area contributed by atoms with Gasteiger partial charge >= 0.3 is 0 Å². The summed E-state index contributed by atoms with van der Waals surface area (Å²) in [7, 11) is 0. The molecule has 0 aromatic heterocycles. The van der Waals surface area contributed by atoms with Crippen molar-refractivity contribution in [3.63, 3.8) is 0 Å². The number of amides is 1. The summed E-state index contributed by atoms with van der Waals surface area (Å²) in [5.41, 5.74) is 0.978. The molecule has 1 aromatic carbocycles. The second kappa shape index (κ2) is 10.7. The number of nitrogens with zero attached hydrogens (tertiary/aromatic N) is 1. The molecule has 1 saturated carbocycles. The predicted molar refractivity (Wildman–Crippen MR) is 92.7 cm³/mol. The Morgan fingerprint density at radius 2 is 1.90 bits per heavy atom. The van der Waals surface area contributed by atoms with Crippen molar-refractivity contribution in [3.8, 4) is 0 Å². The molecule has 6 heteroatoms. The van der Waals surface area contributed by atoms with Crippen LogP contribution in [0.1, 0.15) is 19.8 Å². The Morgan fingerprint density at radius 1 is 1.24 bits per heavy atom. The minimum absolute atomic E-state index is 0. The van der Waals surface area contributed by atoms with Crippen LogP contribution in [0.2, 0.25) is 0 Å². The Morgan fingerprint density at radius 3 is 2.48 bits per heavy atom.